The van der Waals surface area contributed by atoms with Crippen LogP contribution in [0.25, 0.3) is 10.8 Å². The van der Waals surface area contributed by atoms with Gasteiger partial charge in [-0.2, -0.15) is 0 Å². The SMILES string of the molecule is CCCn1c(Cc2ccccc2)c(C(=O)c2ccccc2)c2ccc([N+](=O)[O-])cc2c1=O. The predicted octanol–water partition coefficient (Wildman–Crippen LogP) is 5.14. The summed E-state index contributed by atoms with van der Waals surface area (Å²) < 4.78 is 1.61. The number of nitro benzene ring substituents is 1. The number of hydrogen-bond donors (Lipinski definition) is 0. The lowest BCUT2D eigenvalue weighted by molar-refractivity contribution is -0.384. The molecule has 0 fully saturated rings. The van der Waals surface area contributed by atoms with Crippen molar-refractivity contribution in [3.63, 3.8) is 0 Å². The van der Waals surface area contributed by atoms with Crippen molar-refractivity contribution in [2.75, 3.05) is 0 Å². The highest BCUT2D eigenvalue weighted by molar-refractivity contribution is 6.17. The van der Waals surface area contributed by atoms with E-state index in [1.54, 1.807) is 28.8 Å². The molecule has 160 valence electrons. The first-order chi connectivity index (χ1) is 15.5. The average Bonchev–Trinajstić information content (AvgIpc) is 2.82. The third-order valence-electron chi connectivity index (χ3n) is 5.50. The topological polar surface area (TPSA) is 82.2 Å². The summed E-state index contributed by atoms with van der Waals surface area (Å²) >= 11 is 0. The molecule has 4 rings (SSSR count). The van der Waals surface area contributed by atoms with Gasteiger partial charge in [-0.05, 0) is 18.1 Å². The van der Waals surface area contributed by atoms with Crippen molar-refractivity contribution in [2.24, 2.45) is 0 Å². The number of benzene rings is 3. The van der Waals surface area contributed by atoms with Gasteiger partial charge in [-0.25, -0.2) is 0 Å². The summed E-state index contributed by atoms with van der Waals surface area (Å²) in [7, 11) is 0. The molecule has 1 aromatic heterocycles. The number of ketones is 1. The lowest BCUT2D eigenvalue weighted by Gasteiger charge is -2.19. The van der Waals surface area contributed by atoms with Crippen LogP contribution in [0.15, 0.2) is 83.7 Å². The highest BCUT2D eigenvalue weighted by atomic mass is 16.6. The number of pyridine rings is 1. The van der Waals surface area contributed by atoms with E-state index in [2.05, 4.69) is 0 Å². The Morgan fingerprint density at radius 2 is 1.59 bits per heavy atom. The first-order valence-corrected chi connectivity index (χ1v) is 10.5. The van der Waals surface area contributed by atoms with Crippen molar-refractivity contribution < 1.29 is 9.72 Å². The van der Waals surface area contributed by atoms with E-state index in [-0.39, 0.29) is 22.4 Å². The largest absolute Gasteiger partial charge is 0.311 e. The number of rotatable bonds is 7. The highest BCUT2D eigenvalue weighted by Gasteiger charge is 2.24. The smallest absolute Gasteiger partial charge is 0.270 e. The van der Waals surface area contributed by atoms with Gasteiger partial charge < -0.3 is 4.57 Å². The van der Waals surface area contributed by atoms with Gasteiger partial charge in [0.1, 0.15) is 0 Å². The van der Waals surface area contributed by atoms with E-state index in [9.17, 15) is 19.7 Å². The summed E-state index contributed by atoms with van der Waals surface area (Å²) in [5.74, 6) is -0.208. The molecule has 0 saturated carbocycles. The molecule has 0 aliphatic carbocycles. The van der Waals surface area contributed by atoms with E-state index in [4.69, 9.17) is 0 Å². The molecule has 0 saturated heterocycles. The second-order valence-electron chi connectivity index (χ2n) is 7.62. The van der Waals surface area contributed by atoms with Crippen LogP contribution >= 0.6 is 0 Å². The van der Waals surface area contributed by atoms with Gasteiger partial charge in [-0.15, -0.1) is 0 Å². The Kier molecular flexibility index (Phi) is 5.94. The Morgan fingerprint density at radius 3 is 2.22 bits per heavy atom. The van der Waals surface area contributed by atoms with Crippen LogP contribution in [0.4, 0.5) is 5.69 Å². The Balaban J connectivity index is 2.08. The van der Waals surface area contributed by atoms with E-state index < -0.39 is 4.92 Å². The molecule has 6 heteroatoms. The van der Waals surface area contributed by atoms with Crippen molar-refractivity contribution >= 4 is 22.2 Å². The molecule has 0 radical (unpaired) electrons. The molecule has 3 aromatic carbocycles. The minimum atomic E-state index is -0.528. The molecule has 0 aliphatic rings. The first-order valence-electron chi connectivity index (χ1n) is 10.5. The van der Waals surface area contributed by atoms with Gasteiger partial charge in [-0.1, -0.05) is 67.6 Å². The lowest BCUT2D eigenvalue weighted by Crippen LogP contribution is -2.27. The van der Waals surface area contributed by atoms with Crippen LogP contribution in [0.5, 0.6) is 0 Å². The number of non-ortho nitro benzene ring substituents is 1. The lowest BCUT2D eigenvalue weighted by atomic mass is 9.92. The zero-order valence-electron chi connectivity index (χ0n) is 17.7. The number of carbonyl (C=O) groups is 1. The van der Waals surface area contributed by atoms with E-state index in [1.807, 2.05) is 43.3 Å². The summed E-state index contributed by atoms with van der Waals surface area (Å²) in [6, 6.07) is 22.7. The van der Waals surface area contributed by atoms with Crippen LogP contribution in [-0.2, 0) is 13.0 Å². The van der Waals surface area contributed by atoms with Crippen molar-refractivity contribution in [2.45, 2.75) is 26.3 Å². The fourth-order valence-corrected chi connectivity index (χ4v) is 4.02. The Bertz CT molecular complexity index is 1360. The monoisotopic (exact) mass is 426 g/mol. The van der Waals surface area contributed by atoms with Crippen LogP contribution < -0.4 is 5.56 Å². The summed E-state index contributed by atoms with van der Waals surface area (Å²) in [6.07, 6.45) is 1.08. The molecule has 4 aromatic rings. The second kappa shape index (κ2) is 8.98. The Labute approximate surface area is 184 Å². The van der Waals surface area contributed by atoms with E-state index >= 15 is 0 Å². The maximum absolute atomic E-state index is 13.7. The number of hydrogen-bond acceptors (Lipinski definition) is 4. The number of fused-ring (bicyclic) bond motifs is 1. The van der Waals surface area contributed by atoms with Gasteiger partial charge in [0, 0.05) is 41.7 Å². The third kappa shape index (κ3) is 3.95. The van der Waals surface area contributed by atoms with E-state index in [0.29, 0.717) is 41.6 Å². The molecule has 0 atom stereocenters. The van der Waals surface area contributed by atoms with Crippen molar-refractivity contribution in [1.29, 1.82) is 0 Å². The maximum Gasteiger partial charge on any atom is 0.270 e. The maximum atomic E-state index is 13.7. The summed E-state index contributed by atoms with van der Waals surface area (Å²) in [5, 5.41) is 12.0. The minimum absolute atomic E-state index is 0.174. The molecule has 0 N–H and O–H groups in total. The fourth-order valence-electron chi connectivity index (χ4n) is 4.02. The fraction of sp³-hybridized carbons (Fsp3) is 0.154. The number of aromatic nitrogens is 1. The third-order valence-corrected chi connectivity index (χ3v) is 5.50. The van der Waals surface area contributed by atoms with Crippen LogP contribution in [0, 0.1) is 10.1 Å². The summed E-state index contributed by atoms with van der Waals surface area (Å²) in [6.45, 7) is 2.36. The van der Waals surface area contributed by atoms with Crippen molar-refractivity contribution in [3.05, 3.63) is 122 Å². The summed E-state index contributed by atoms with van der Waals surface area (Å²) in [5.41, 5.74) is 2.02. The minimum Gasteiger partial charge on any atom is -0.311 e. The van der Waals surface area contributed by atoms with Gasteiger partial charge in [0.2, 0.25) is 0 Å². The molecule has 0 spiro atoms. The molecule has 0 unspecified atom stereocenters. The van der Waals surface area contributed by atoms with Crippen molar-refractivity contribution in [3.8, 4) is 0 Å². The van der Waals surface area contributed by atoms with Crippen LogP contribution in [0.2, 0.25) is 0 Å². The van der Waals surface area contributed by atoms with Gasteiger partial charge in [0.05, 0.1) is 15.9 Å². The standard InChI is InChI=1S/C26H22N2O4/c1-2-15-27-23(16-18-9-5-3-6-10-18)24(25(29)19-11-7-4-8-12-19)21-14-13-20(28(31)32)17-22(21)26(27)30/h3-14,17H,2,15-16H2,1H3. The molecule has 0 bridgehead atoms. The summed E-state index contributed by atoms with van der Waals surface area (Å²) in [4.78, 5) is 38.0. The van der Waals surface area contributed by atoms with Crippen LogP contribution in [-0.4, -0.2) is 15.3 Å². The predicted molar refractivity (Wildman–Crippen MR) is 124 cm³/mol. The van der Waals surface area contributed by atoms with Gasteiger partial charge in [0.15, 0.2) is 5.78 Å². The normalized spacial score (nSPS) is 10.9. The van der Waals surface area contributed by atoms with Gasteiger partial charge >= 0.3 is 0 Å². The van der Waals surface area contributed by atoms with Crippen molar-refractivity contribution in [1.82, 2.24) is 4.57 Å². The zero-order valence-corrected chi connectivity index (χ0v) is 17.7. The number of nitro groups is 1. The Morgan fingerprint density at radius 1 is 0.938 bits per heavy atom. The van der Waals surface area contributed by atoms with Crippen LogP contribution in [0.3, 0.4) is 0 Å². The number of nitrogens with zero attached hydrogens (tertiary/aromatic N) is 2. The van der Waals surface area contributed by atoms with Gasteiger partial charge in [-0.3, -0.25) is 19.7 Å². The molecular formula is C26H22N2O4. The Hall–Kier alpha value is -4.06. The molecular weight excluding hydrogens is 404 g/mol. The first kappa shape index (κ1) is 21.2. The molecule has 32 heavy (non-hydrogen) atoms. The molecule has 0 amide bonds. The quantitative estimate of drug-likeness (QED) is 0.233. The highest BCUT2D eigenvalue weighted by Crippen LogP contribution is 2.28. The molecule has 1 heterocycles. The molecule has 6 nitrogen and oxygen atoms in total. The van der Waals surface area contributed by atoms with E-state index in [1.165, 1.54) is 18.2 Å². The van der Waals surface area contributed by atoms with E-state index in [0.717, 1.165) is 5.56 Å². The average molecular weight is 426 g/mol. The zero-order chi connectivity index (χ0) is 22.7. The van der Waals surface area contributed by atoms with Crippen LogP contribution in [0.1, 0.15) is 40.5 Å². The van der Waals surface area contributed by atoms with Gasteiger partial charge in [0.25, 0.3) is 11.2 Å². The molecule has 0 aliphatic heterocycles. The second-order valence-corrected chi connectivity index (χ2v) is 7.62. The number of carbonyl (C=O) groups excluding carboxylic acids is 1.